The lowest BCUT2D eigenvalue weighted by atomic mass is 10.2. The highest BCUT2D eigenvalue weighted by atomic mass is 32.1. The molecule has 3 heterocycles. The van der Waals surface area contributed by atoms with Crippen LogP contribution in [-0.2, 0) is 0 Å². The second-order valence-electron chi connectivity index (χ2n) is 5.71. The number of nitrogens with zero attached hydrogens (tertiary/aromatic N) is 4. The van der Waals surface area contributed by atoms with Crippen LogP contribution in [0.3, 0.4) is 0 Å². The first-order chi connectivity index (χ1) is 13.7. The molecule has 1 atom stereocenters. The SMILES string of the molecule is CC(Oc1ccc(OCC(F)(F)F)nc1)c1cc(-c2cnc(C(=O)O)nc2)ns1. The number of carboxylic acids is 1. The van der Waals surface area contributed by atoms with Crippen molar-refractivity contribution in [3.63, 3.8) is 0 Å². The van der Waals surface area contributed by atoms with E-state index in [0.29, 0.717) is 17.0 Å². The molecule has 0 fully saturated rings. The Balaban J connectivity index is 1.62. The molecule has 0 saturated heterocycles. The summed E-state index contributed by atoms with van der Waals surface area (Å²) in [7, 11) is 0. The van der Waals surface area contributed by atoms with Crippen LogP contribution in [-0.4, -0.2) is 43.2 Å². The largest absolute Gasteiger partial charge is 0.484 e. The van der Waals surface area contributed by atoms with Crippen LogP contribution < -0.4 is 9.47 Å². The number of carboxylic acid groups (broad SMARTS) is 1. The molecular weight excluding hydrogens is 413 g/mol. The first-order valence-corrected chi connectivity index (χ1v) is 8.83. The highest BCUT2D eigenvalue weighted by Crippen LogP contribution is 2.29. The number of pyridine rings is 1. The van der Waals surface area contributed by atoms with Crippen molar-refractivity contribution in [2.24, 2.45) is 0 Å². The normalized spacial score (nSPS) is 12.4. The Kier molecular flexibility index (Phi) is 5.92. The Morgan fingerprint density at radius 1 is 1.21 bits per heavy atom. The number of hydrogen-bond donors (Lipinski definition) is 1. The molecule has 1 unspecified atom stereocenters. The number of carbonyl (C=O) groups is 1. The highest BCUT2D eigenvalue weighted by molar-refractivity contribution is 7.06. The number of halogens is 3. The lowest BCUT2D eigenvalue weighted by molar-refractivity contribution is -0.154. The van der Waals surface area contributed by atoms with Gasteiger partial charge in [0.05, 0.1) is 16.8 Å². The first-order valence-electron chi connectivity index (χ1n) is 8.06. The van der Waals surface area contributed by atoms with Crippen molar-refractivity contribution >= 4 is 17.5 Å². The molecule has 0 aromatic carbocycles. The van der Waals surface area contributed by atoms with E-state index in [2.05, 4.69) is 24.1 Å². The number of ether oxygens (including phenoxy) is 2. The molecule has 0 aliphatic carbocycles. The van der Waals surface area contributed by atoms with E-state index in [0.717, 1.165) is 4.88 Å². The van der Waals surface area contributed by atoms with Gasteiger partial charge < -0.3 is 14.6 Å². The lowest BCUT2D eigenvalue weighted by Gasteiger charge is -2.13. The highest BCUT2D eigenvalue weighted by Gasteiger charge is 2.28. The number of alkyl halides is 3. The molecule has 0 aliphatic heterocycles. The Labute approximate surface area is 166 Å². The van der Waals surface area contributed by atoms with Gasteiger partial charge in [-0.05, 0) is 30.6 Å². The summed E-state index contributed by atoms with van der Waals surface area (Å²) >= 11 is 1.18. The number of aromatic carboxylic acids is 1. The van der Waals surface area contributed by atoms with Gasteiger partial charge in [0.2, 0.25) is 11.7 Å². The van der Waals surface area contributed by atoms with Crippen LogP contribution in [0.25, 0.3) is 11.3 Å². The molecular formula is C17H13F3N4O4S. The average Bonchev–Trinajstić information content (AvgIpc) is 3.17. The van der Waals surface area contributed by atoms with E-state index in [1.807, 2.05) is 0 Å². The van der Waals surface area contributed by atoms with Gasteiger partial charge in [0, 0.05) is 24.0 Å². The van der Waals surface area contributed by atoms with Crippen LogP contribution in [0, 0.1) is 0 Å². The van der Waals surface area contributed by atoms with E-state index < -0.39 is 24.9 Å². The number of hydrogen-bond acceptors (Lipinski definition) is 8. The van der Waals surface area contributed by atoms with Crippen LogP contribution in [0.1, 0.15) is 28.5 Å². The van der Waals surface area contributed by atoms with Crippen molar-refractivity contribution in [2.75, 3.05) is 6.61 Å². The lowest BCUT2D eigenvalue weighted by Crippen LogP contribution is -2.19. The second kappa shape index (κ2) is 8.39. The van der Waals surface area contributed by atoms with E-state index in [4.69, 9.17) is 9.84 Å². The van der Waals surface area contributed by atoms with Gasteiger partial charge in [-0.25, -0.2) is 19.7 Å². The smallest absolute Gasteiger partial charge is 0.422 e. The molecule has 152 valence electrons. The van der Waals surface area contributed by atoms with Crippen molar-refractivity contribution in [2.45, 2.75) is 19.2 Å². The van der Waals surface area contributed by atoms with Gasteiger partial charge in [-0.3, -0.25) is 0 Å². The molecule has 29 heavy (non-hydrogen) atoms. The predicted octanol–water partition coefficient (Wildman–Crippen LogP) is 3.77. The van der Waals surface area contributed by atoms with E-state index in [9.17, 15) is 18.0 Å². The molecule has 0 aliphatic rings. The van der Waals surface area contributed by atoms with Crippen molar-refractivity contribution in [3.8, 4) is 22.9 Å². The van der Waals surface area contributed by atoms with E-state index in [1.54, 1.807) is 13.0 Å². The summed E-state index contributed by atoms with van der Waals surface area (Å²) in [6, 6.07) is 4.49. The minimum absolute atomic E-state index is 0.160. The topological polar surface area (TPSA) is 107 Å². The minimum Gasteiger partial charge on any atom is -0.484 e. The maximum atomic E-state index is 12.1. The molecule has 0 bridgehead atoms. The third-order valence-electron chi connectivity index (χ3n) is 3.47. The quantitative estimate of drug-likeness (QED) is 0.608. The van der Waals surface area contributed by atoms with Crippen LogP contribution in [0.15, 0.2) is 36.8 Å². The zero-order valence-corrected chi connectivity index (χ0v) is 15.6. The number of aromatic nitrogens is 4. The van der Waals surface area contributed by atoms with E-state index in [-0.39, 0.29) is 11.7 Å². The summed E-state index contributed by atoms with van der Waals surface area (Å²) in [5.41, 5.74) is 1.11. The summed E-state index contributed by atoms with van der Waals surface area (Å²) in [4.78, 5) is 22.8. The van der Waals surface area contributed by atoms with Crippen molar-refractivity contribution in [1.29, 1.82) is 0 Å². The molecule has 0 saturated carbocycles. The van der Waals surface area contributed by atoms with Gasteiger partial charge in [-0.1, -0.05) is 0 Å². The van der Waals surface area contributed by atoms with Gasteiger partial charge in [0.1, 0.15) is 11.9 Å². The third kappa shape index (κ3) is 5.60. The van der Waals surface area contributed by atoms with Crippen molar-refractivity contribution < 1.29 is 32.5 Å². The summed E-state index contributed by atoms with van der Waals surface area (Å²) in [6.45, 7) is 0.354. The molecule has 3 aromatic heterocycles. The summed E-state index contributed by atoms with van der Waals surface area (Å²) in [5, 5.41) is 8.83. The summed E-state index contributed by atoms with van der Waals surface area (Å²) in [5.74, 6) is -1.34. The molecule has 1 N–H and O–H groups in total. The Hall–Kier alpha value is -3.28. The zero-order chi connectivity index (χ0) is 21.0. The molecule has 8 nitrogen and oxygen atoms in total. The van der Waals surface area contributed by atoms with Crippen LogP contribution in [0.5, 0.6) is 11.6 Å². The fraction of sp³-hybridized carbons (Fsp3) is 0.235. The van der Waals surface area contributed by atoms with Gasteiger partial charge in [0.15, 0.2) is 6.61 Å². The summed E-state index contributed by atoms with van der Waals surface area (Å²) in [6.07, 6.45) is -0.852. The monoisotopic (exact) mass is 426 g/mol. The standard InChI is InChI=1S/C17H13F3N4O4S/c1-9(28-11-2-3-14(21-7-11)27-8-17(18,19)20)13-4-12(24-29-13)10-5-22-15(16(25)26)23-6-10/h2-7,9H,8H2,1H3,(H,25,26). The van der Waals surface area contributed by atoms with Crippen LogP contribution >= 0.6 is 11.5 Å². The van der Waals surface area contributed by atoms with E-state index >= 15 is 0 Å². The predicted molar refractivity (Wildman–Crippen MR) is 94.9 cm³/mol. The maximum absolute atomic E-state index is 12.1. The average molecular weight is 426 g/mol. The van der Waals surface area contributed by atoms with Crippen molar-refractivity contribution in [3.05, 3.63) is 47.5 Å². The fourth-order valence-corrected chi connectivity index (χ4v) is 2.85. The molecule has 0 radical (unpaired) electrons. The first kappa shape index (κ1) is 20.5. The molecule has 3 aromatic rings. The molecule has 3 rings (SSSR count). The molecule has 12 heteroatoms. The van der Waals surface area contributed by atoms with Gasteiger partial charge in [-0.2, -0.15) is 17.5 Å². The molecule has 0 spiro atoms. The van der Waals surface area contributed by atoms with Gasteiger partial charge in [0.25, 0.3) is 0 Å². The van der Waals surface area contributed by atoms with Crippen LogP contribution in [0.2, 0.25) is 0 Å². The zero-order valence-electron chi connectivity index (χ0n) is 14.8. The van der Waals surface area contributed by atoms with Crippen LogP contribution in [0.4, 0.5) is 13.2 Å². The van der Waals surface area contributed by atoms with Crippen molar-refractivity contribution in [1.82, 2.24) is 19.3 Å². The Bertz CT molecular complexity index is 978. The third-order valence-corrected chi connectivity index (χ3v) is 4.42. The fourth-order valence-electron chi connectivity index (χ4n) is 2.13. The van der Waals surface area contributed by atoms with Gasteiger partial charge >= 0.3 is 12.1 Å². The summed E-state index contributed by atoms with van der Waals surface area (Å²) < 4.78 is 51.0. The Morgan fingerprint density at radius 2 is 1.93 bits per heavy atom. The van der Waals surface area contributed by atoms with Gasteiger partial charge in [-0.15, -0.1) is 0 Å². The van der Waals surface area contributed by atoms with E-state index in [1.165, 1.54) is 42.3 Å². The number of rotatable bonds is 7. The Morgan fingerprint density at radius 3 is 2.52 bits per heavy atom. The second-order valence-corrected chi connectivity index (χ2v) is 6.55. The molecule has 0 amide bonds. The maximum Gasteiger partial charge on any atom is 0.422 e. The minimum atomic E-state index is -4.44.